The molecule has 9 aromatic carbocycles. The minimum absolute atomic E-state index is 0.426. The van der Waals surface area contributed by atoms with Crippen molar-refractivity contribution in [2.45, 2.75) is 6.17 Å². The van der Waals surface area contributed by atoms with Gasteiger partial charge in [0.15, 0.2) is 5.84 Å². The van der Waals surface area contributed by atoms with E-state index in [1.165, 1.54) is 32.3 Å². The summed E-state index contributed by atoms with van der Waals surface area (Å²) >= 11 is 0. The highest BCUT2D eigenvalue weighted by atomic mass is 16.3. The molecule has 13 rings (SSSR count). The number of benzene rings is 9. The quantitative estimate of drug-likeness (QED) is 0.194. The summed E-state index contributed by atoms with van der Waals surface area (Å²) in [6.07, 6.45) is -0.426. The van der Waals surface area contributed by atoms with Crippen molar-refractivity contribution in [3.8, 4) is 5.69 Å². The van der Waals surface area contributed by atoms with E-state index < -0.39 is 6.17 Å². The van der Waals surface area contributed by atoms with Crippen molar-refractivity contribution >= 4 is 98.9 Å². The average molecular weight is 757 g/mol. The number of amidine groups is 2. The van der Waals surface area contributed by atoms with Crippen molar-refractivity contribution in [2.24, 2.45) is 9.98 Å². The van der Waals surface area contributed by atoms with Gasteiger partial charge in [-0.25, -0.2) is 9.98 Å². The second kappa shape index (κ2) is 12.3. The molecule has 12 aromatic rings. The van der Waals surface area contributed by atoms with E-state index >= 15 is 0 Å². The average Bonchev–Trinajstić information content (AvgIpc) is 3.97. The summed E-state index contributed by atoms with van der Waals surface area (Å²) < 4.78 is 15.8. The summed E-state index contributed by atoms with van der Waals surface area (Å²) in [5, 5.41) is 15.1. The number of rotatable bonds is 4. The fourth-order valence-corrected chi connectivity index (χ4v) is 9.28. The van der Waals surface area contributed by atoms with Crippen molar-refractivity contribution < 1.29 is 8.83 Å². The second-order valence-corrected chi connectivity index (χ2v) is 15.4. The topological polar surface area (TPSA) is 68.0 Å². The molecule has 4 heterocycles. The maximum atomic E-state index is 6.82. The third-order valence-electron chi connectivity index (χ3n) is 12.0. The first-order valence-corrected chi connectivity index (χ1v) is 19.9. The third kappa shape index (κ3) is 4.80. The molecule has 0 bridgehead atoms. The van der Waals surface area contributed by atoms with Crippen LogP contribution < -0.4 is 5.32 Å². The van der Waals surface area contributed by atoms with Crippen molar-refractivity contribution in [2.75, 3.05) is 0 Å². The molecule has 0 amide bonds. The predicted octanol–water partition coefficient (Wildman–Crippen LogP) is 13.4. The van der Waals surface area contributed by atoms with E-state index in [9.17, 15) is 0 Å². The van der Waals surface area contributed by atoms with Crippen LogP contribution in [0, 0.1) is 0 Å². The van der Waals surface area contributed by atoms with Gasteiger partial charge in [-0.3, -0.25) is 0 Å². The van der Waals surface area contributed by atoms with Crippen molar-refractivity contribution in [3.05, 3.63) is 199 Å². The lowest BCUT2D eigenvalue weighted by molar-refractivity contribution is 0.657. The van der Waals surface area contributed by atoms with Crippen LogP contribution in [0.25, 0.3) is 92.9 Å². The fourth-order valence-electron chi connectivity index (χ4n) is 9.28. The molecular weight excluding hydrogens is 725 g/mol. The Morgan fingerprint density at radius 1 is 0.458 bits per heavy atom. The SMILES string of the molecule is c1ccc(C2N=C(c3cccc4c3oc3ccccc34)N=C(c3cc(-n4c5cc6ccccc6cc5c5ccc6ccccc6c54)cc4c3oc3ccccc34)N2)cc1. The van der Waals surface area contributed by atoms with E-state index in [4.69, 9.17) is 18.8 Å². The molecule has 59 heavy (non-hydrogen) atoms. The Morgan fingerprint density at radius 3 is 1.90 bits per heavy atom. The van der Waals surface area contributed by atoms with Crippen molar-refractivity contribution in [1.82, 2.24) is 9.88 Å². The zero-order valence-electron chi connectivity index (χ0n) is 31.6. The van der Waals surface area contributed by atoms with Crippen molar-refractivity contribution in [1.29, 1.82) is 0 Å². The summed E-state index contributed by atoms with van der Waals surface area (Å²) in [5.74, 6) is 1.25. The first-order chi connectivity index (χ1) is 29.2. The van der Waals surface area contributed by atoms with E-state index in [2.05, 4.69) is 143 Å². The Morgan fingerprint density at radius 2 is 1.10 bits per heavy atom. The van der Waals surface area contributed by atoms with Crippen LogP contribution in [0.15, 0.2) is 201 Å². The highest BCUT2D eigenvalue weighted by molar-refractivity contribution is 6.24. The van der Waals surface area contributed by atoms with Gasteiger partial charge in [-0.05, 0) is 64.2 Å². The molecule has 1 unspecified atom stereocenters. The molecule has 3 aromatic heterocycles. The van der Waals surface area contributed by atoms with Crippen LogP contribution in [0.5, 0.6) is 0 Å². The highest BCUT2D eigenvalue weighted by Crippen LogP contribution is 2.42. The van der Waals surface area contributed by atoms with Crippen LogP contribution in [-0.2, 0) is 0 Å². The summed E-state index contributed by atoms with van der Waals surface area (Å²) in [7, 11) is 0. The number of aliphatic imine (C=N–C) groups is 2. The number of nitrogens with one attached hydrogen (secondary N) is 1. The molecule has 0 radical (unpaired) electrons. The van der Waals surface area contributed by atoms with Gasteiger partial charge in [0.2, 0.25) is 0 Å². The zero-order valence-corrected chi connectivity index (χ0v) is 31.6. The number of hydrogen-bond donors (Lipinski definition) is 1. The maximum absolute atomic E-state index is 6.82. The van der Waals surface area contributed by atoms with Crippen LogP contribution in [-0.4, -0.2) is 16.2 Å². The van der Waals surface area contributed by atoms with E-state index in [0.717, 1.165) is 77.3 Å². The number of aromatic nitrogens is 1. The fraction of sp³-hybridized carbons (Fsp3) is 0.0189. The van der Waals surface area contributed by atoms with Gasteiger partial charge in [-0.1, -0.05) is 140 Å². The van der Waals surface area contributed by atoms with Gasteiger partial charge in [0.25, 0.3) is 0 Å². The van der Waals surface area contributed by atoms with E-state index in [1.807, 2.05) is 48.5 Å². The zero-order chi connectivity index (χ0) is 38.6. The minimum Gasteiger partial charge on any atom is -0.455 e. The normalized spacial score (nSPS) is 14.6. The summed E-state index contributed by atoms with van der Waals surface area (Å²) in [6, 6.07) is 64.0. The standard InChI is InChI=1S/C53H32N4O2/c1-2-14-32(15-3-1)51-54-52(41-22-12-21-40-37-19-8-10-23-46(37)58-49(40)41)56-53(55-51)44-30-35(29-43-38-20-9-11-24-47(38)59-50(43)44)57-45-28-34-17-5-4-16-33(34)27-42(45)39-26-25-31-13-6-7-18-36(31)48(39)57/h1-30,51H,(H,54,55,56). The lowest BCUT2D eigenvalue weighted by Crippen LogP contribution is -2.33. The molecule has 0 spiro atoms. The number of fused-ring (bicyclic) bond motifs is 12. The van der Waals surface area contributed by atoms with Gasteiger partial charge < -0.3 is 18.7 Å². The predicted molar refractivity (Wildman–Crippen MR) is 242 cm³/mol. The molecule has 1 aliphatic heterocycles. The Labute approximate surface area is 336 Å². The minimum atomic E-state index is -0.426. The largest absolute Gasteiger partial charge is 0.455 e. The van der Waals surface area contributed by atoms with Gasteiger partial charge in [0, 0.05) is 43.4 Å². The highest BCUT2D eigenvalue weighted by Gasteiger charge is 2.27. The molecule has 6 nitrogen and oxygen atoms in total. The van der Waals surface area contributed by atoms with Gasteiger partial charge in [-0.2, -0.15) is 0 Å². The summed E-state index contributed by atoms with van der Waals surface area (Å²) in [4.78, 5) is 10.7. The lowest BCUT2D eigenvalue weighted by Gasteiger charge is -2.24. The summed E-state index contributed by atoms with van der Waals surface area (Å²) in [6.45, 7) is 0. The molecule has 1 N–H and O–H groups in total. The van der Waals surface area contributed by atoms with Crippen LogP contribution in [0.3, 0.4) is 0 Å². The molecule has 1 aliphatic rings. The lowest BCUT2D eigenvalue weighted by atomic mass is 10.0. The van der Waals surface area contributed by atoms with Crippen LogP contribution in [0.1, 0.15) is 22.9 Å². The Balaban J connectivity index is 1.13. The number of nitrogens with zero attached hydrogens (tertiary/aromatic N) is 3. The van der Waals surface area contributed by atoms with Gasteiger partial charge in [-0.15, -0.1) is 0 Å². The van der Waals surface area contributed by atoms with E-state index in [-0.39, 0.29) is 0 Å². The molecule has 0 saturated carbocycles. The van der Waals surface area contributed by atoms with E-state index in [1.54, 1.807) is 0 Å². The van der Waals surface area contributed by atoms with Crippen LogP contribution in [0.2, 0.25) is 0 Å². The molecule has 0 aliphatic carbocycles. The van der Waals surface area contributed by atoms with Crippen LogP contribution >= 0.6 is 0 Å². The Bertz CT molecular complexity index is 3770. The van der Waals surface area contributed by atoms with Crippen LogP contribution in [0.4, 0.5) is 0 Å². The Kier molecular flexibility index (Phi) is 6.69. The number of para-hydroxylation sites is 3. The van der Waals surface area contributed by atoms with Gasteiger partial charge in [0.05, 0.1) is 22.2 Å². The first kappa shape index (κ1) is 32.2. The molecular formula is C53H32N4O2. The first-order valence-electron chi connectivity index (χ1n) is 19.9. The third-order valence-corrected chi connectivity index (χ3v) is 12.0. The number of hydrogen-bond acceptors (Lipinski definition) is 5. The van der Waals surface area contributed by atoms with E-state index in [0.29, 0.717) is 11.7 Å². The smallest absolute Gasteiger partial charge is 0.163 e. The van der Waals surface area contributed by atoms with Crippen molar-refractivity contribution in [3.63, 3.8) is 0 Å². The molecule has 1 atom stereocenters. The molecule has 276 valence electrons. The molecule has 0 fully saturated rings. The molecule has 0 saturated heterocycles. The monoisotopic (exact) mass is 756 g/mol. The van der Waals surface area contributed by atoms with Gasteiger partial charge in [0.1, 0.15) is 34.3 Å². The number of furan rings is 2. The second-order valence-electron chi connectivity index (χ2n) is 15.4. The van der Waals surface area contributed by atoms with Gasteiger partial charge >= 0.3 is 0 Å². The maximum Gasteiger partial charge on any atom is 0.163 e. The Hall–Kier alpha value is -7.96. The molecule has 6 heteroatoms. The summed E-state index contributed by atoms with van der Waals surface area (Å²) in [5.41, 5.74) is 9.16.